The first-order chi connectivity index (χ1) is 9.22. The minimum Gasteiger partial charge on any atom is -0.497 e. The summed E-state index contributed by atoms with van der Waals surface area (Å²) in [5.41, 5.74) is 0.874. The van der Waals surface area contributed by atoms with Crippen LogP contribution in [0.1, 0.15) is 37.4 Å². The van der Waals surface area contributed by atoms with Crippen molar-refractivity contribution < 1.29 is 14.6 Å². The van der Waals surface area contributed by atoms with Crippen LogP contribution in [-0.4, -0.2) is 19.3 Å². The van der Waals surface area contributed by atoms with Crippen molar-refractivity contribution >= 4 is 0 Å². The Kier molecular flexibility index (Phi) is 3.40. The number of ether oxygens (including phenoxy) is 2. The highest BCUT2D eigenvalue weighted by atomic mass is 16.5. The molecule has 0 saturated heterocycles. The number of aliphatic hydroxyl groups excluding tert-OH is 1. The van der Waals surface area contributed by atoms with Crippen LogP contribution in [0.2, 0.25) is 0 Å². The molecule has 0 aromatic heterocycles. The first-order valence-electron chi connectivity index (χ1n) is 7.13. The molecular formula is C16H22O3. The highest BCUT2D eigenvalue weighted by Crippen LogP contribution is 2.53. The first-order valence-corrected chi connectivity index (χ1v) is 7.13. The van der Waals surface area contributed by atoms with Gasteiger partial charge in [-0.05, 0) is 55.2 Å². The van der Waals surface area contributed by atoms with Gasteiger partial charge < -0.3 is 14.6 Å². The lowest BCUT2D eigenvalue weighted by atomic mass is 9.82. The van der Waals surface area contributed by atoms with E-state index in [0.29, 0.717) is 11.8 Å². The van der Waals surface area contributed by atoms with E-state index in [4.69, 9.17) is 9.47 Å². The number of benzene rings is 1. The fraction of sp³-hybridized carbons (Fsp3) is 0.625. The average Bonchev–Trinajstić information content (AvgIpc) is 3.08. The molecule has 2 bridgehead atoms. The molecule has 1 aromatic rings. The van der Waals surface area contributed by atoms with Gasteiger partial charge in [-0.25, -0.2) is 0 Å². The highest BCUT2D eigenvalue weighted by molar-refractivity contribution is 5.42. The van der Waals surface area contributed by atoms with Crippen LogP contribution in [0.5, 0.6) is 11.5 Å². The summed E-state index contributed by atoms with van der Waals surface area (Å²) in [6.07, 6.45) is 4.66. The lowest BCUT2D eigenvalue weighted by Crippen LogP contribution is -2.19. The number of hydrogen-bond donors (Lipinski definition) is 1. The molecule has 2 aliphatic carbocycles. The normalized spacial score (nSPS) is 30.4. The lowest BCUT2D eigenvalue weighted by Gasteiger charge is -2.28. The van der Waals surface area contributed by atoms with Crippen LogP contribution in [0, 0.1) is 17.8 Å². The molecule has 0 aliphatic heterocycles. The number of fused-ring (bicyclic) bond motifs is 2. The third kappa shape index (κ3) is 2.20. The smallest absolute Gasteiger partial charge is 0.124 e. The van der Waals surface area contributed by atoms with Crippen LogP contribution in [0.25, 0.3) is 0 Å². The zero-order valence-corrected chi connectivity index (χ0v) is 11.6. The summed E-state index contributed by atoms with van der Waals surface area (Å²) >= 11 is 0. The molecule has 1 aromatic carbocycles. The van der Waals surface area contributed by atoms with Gasteiger partial charge in [-0.2, -0.15) is 0 Å². The molecule has 104 valence electrons. The van der Waals surface area contributed by atoms with E-state index in [1.54, 1.807) is 14.2 Å². The Morgan fingerprint density at radius 3 is 2.58 bits per heavy atom. The quantitative estimate of drug-likeness (QED) is 0.905. The number of aliphatic hydroxyl groups is 1. The maximum atomic E-state index is 10.7. The van der Waals surface area contributed by atoms with Crippen molar-refractivity contribution in [3.8, 4) is 11.5 Å². The molecule has 2 saturated carbocycles. The summed E-state index contributed by atoms with van der Waals surface area (Å²) in [5, 5.41) is 10.7. The van der Waals surface area contributed by atoms with Crippen molar-refractivity contribution in [2.75, 3.05) is 14.2 Å². The molecule has 0 spiro atoms. The van der Waals surface area contributed by atoms with Gasteiger partial charge in [0.15, 0.2) is 0 Å². The van der Waals surface area contributed by atoms with E-state index >= 15 is 0 Å². The Hall–Kier alpha value is -1.22. The largest absolute Gasteiger partial charge is 0.497 e. The molecule has 2 aliphatic rings. The van der Waals surface area contributed by atoms with Crippen LogP contribution >= 0.6 is 0 Å². The minimum absolute atomic E-state index is 0.389. The second-order valence-corrected chi connectivity index (χ2v) is 5.89. The SMILES string of the molecule is COc1ccc(OC)c(C(O)C2CC3CCC2C3)c1. The Balaban J connectivity index is 1.87. The van der Waals surface area contributed by atoms with Crippen LogP contribution in [0.4, 0.5) is 0 Å². The molecule has 4 unspecified atom stereocenters. The van der Waals surface area contributed by atoms with Crippen LogP contribution in [0.3, 0.4) is 0 Å². The summed E-state index contributed by atoms with van der Waals surface area (Å²) in [4.78, 5) is 0. The predicted octanol–water partition coefficient (Wildman–Crippen LogP) is 3.17. The zero-order chi connectivity index (χ0) is 13.4. The molecule has 2 fully saturated rings. The van der Waals surface area contributed by atoms with Crippen molar-refractivity contribution in [2.45, 2.75) is 31.8 Å². The van der Waals surface area contributed by atoms with Gasteiger partial charge in [-0.1, -0.05) is 6.42 Å². The Morgan fingerprint density at radius 2 is 2.00 bits per heavy atom. The third-order valence-corrected chi connectivity index (χ3v) is 4.95. The van der Waals surface area contributed by atoms with E-state index in [1.807, 2.05) is 18.2 Å². The summed E-state index contributed by atoms with van der Waals surface area (Å²) < 4.78 is 10.7. The second kappa shape index (κ2) is 5.04. The van der Waals surface area contributed by atoms with E-state index in [2.05, 4.69) is 0 Å². The maximum Gasteiger partial charge on any atom is 0.124 e. The summed E-state index contributed by atoms with van der Waals surface area (Å²) in [6.45, 7) is 0. The van der Waals surface area contributed by atoms with Crippen molar-refractivity contribution in [1.82, 2.24) is 0 Å². The molecule has 3 nitrogen and oxygen atoms in total. The number of methoxy groups -OCH3 is 2. The van der Waals surface area contributed by atoms with Gasteiger partial charge in [-0.15, -0.1) is 0 Å². The van der Waals surface area contributed by atoms with Crippen LogP contribution in [-0.2, 0) is 0 Å². The molecule has 0 heterocycles. The topological polar surface area (TPSA) is 38.7 Å². The van der Waals surface area contributed by atoms with Gasteiger partial charge in [0.25, 0.3) is 0 Å². The fourth-order valence-electron chi connectivity index (χ4n) is 3.98. The fourth-order valence-corrected chi connectivity index (χ4v) is 3.98. The molecule has 0 radical (unpaired) electrons. The summed E-state index contributed by atoms with van der Waals surface area (Å²) in [7, 11) is 3.30. The van der Waals surface area contributed by atoms with E-state index in [9.17, 15) is 5.11 Å². The van der Waals surface area contributed by atoms with Crippen LogP contribution < -0.4 is 9.47 Å². The second-order valence-electron chi connectivity index (χ2n) is 5.89. The van der Waals surface area contributed by atoms with E-state index < -0.39 is 6.10 Å². The Bertz CT molecular complexity index is 457. The van der Waals surface area contributed by atoms with Gasteiger partial charge >= 0.3 is 0 Å². The van der Waals surface area contributed by atoms with Gasteiger partial charge in [-0.3, -0.25) is 0 Å². The number of hydrogen-bond acceptors (Lipinski definition) is 3. The maximum absolute atomic E-state index is 10.7. The Morgan fingerprint density at radius 1 is 1.16 bits per heavy atom. The predicted molar refractivity (Wildman–Crippen MR) is 73.4 cm³/mol. The van der Waals surface area contributed by atoms with E-state index in [0.717, 1.165) is 29.4 Å². The molecular weight excluding hydrogens is 240 g/mol. The molecule has 19 heavy (non-hydrogen) atoms. The molecule has 3 heteroatoms. The zero-order valence-electron chi connectivity index (χ0n) is 11.6. The third-order valence-electron chi connectivity index (χ3n) is 4.95. The summed E-state index contributed by atoms with van der Waals surface area (Å²) in [6, 6.07) is 5.66. The summed E-state index contributed by atoms with van der Waals surface area (Å²) in [5.74, 6) is 3.45. The minimum atomic E-state index is -0.430. The van der Waals surface area contributed by atoms with Gasteiger partial charge in [0.05, 0.1) is 20.3 Å². The highest BCUT2D eigenvalue weighted by Gasteiger charge is 2.43. The average molecular weight is 262 g/mol. The standard InChI is InChI=1S/C16H22O3/c1-18-12-5-6-15(19-2)14(9-12)16(17)13-8-10-3-4-11(13)7-10/h5-6,9-11,13,16-17H,3-4,7-8H2,1-2H3. The molecule has 1 N–H and O–H groups in total. The molecule has 0 amide bonds. The Labute approximate surface area is 114 Å². The molecule has 4 atom stereocenters. The van der Waals surface area contributed by atoms with Crippen LogP contribution in [0.15, 0.2) is 18.2 Å². The van der Waals surface area contributed by atoms with Crippen molar-refractivity contribution in [2.24, 2.45) is 17.8 Å². The monoisotopic (exact) mass is 262 g/mol. The first kappa shape index (κ1) is 12.8. The van der Waals surface area contributed by atoms with Crippen molar-refractivity contribution in [3.63, 3.8) is 0 Å². The van der Waals surface area contributed by atoms with Gasteiger partial charge in [0, 0.05) is 5.56 Å². The molecule has 3 rings (SSSR count). The number of rotatable bonds is 4. The van der Waals surface area contributed by atoms with Crippen molar-refractivity contribution in [3.05, 3.63) is 23.8 Å². The van der Waals surface area contributed by atoms with Crippen molar-refractivity contribution in [1.29, 1.82) is 0 Å². The van der Waals surface area contributed by atoms with E-state index in [-0.39, 0.29) is 0 Å². The van der Waals surface area contributed by atoms with E-state index in [1.165, 1.54) is 19.3 Å². The van der Waals surface area contributed by atoms with Gasteiger partial charge in [0.1, 0.15) is 11.5 Å². The van der Waals surface area contributed by atoms with Gasteiger partial charge in [0.2, 0.25) is 0 Å². The lowest BCUT2D eigenvalue weighted by molar-refractivity contribution is 0.0721.